The van der Waals surface area contributed by atoms with Gasteiger partial charge in [-0.15, -0.1) is 0 Å². The molecule has 2 N–H and O–H groups in total. The molecule has 2 rings (SSSR count). The number of methoxy groups -OCH3 is 1. The lowest BCUT2D eigenvalue weighted by molar-refractivity contribution is -0.126. The van der Waals surface area contributed by atoms with Gasteiger partial charge in [0.1, 0.15) is 5.82 Å². The molecule has 0 bridgehead atoms. The normalized spacial score (nSPS) is 18.1. The topological polar surface area (TPSA) is 58.6 Å². The van der Waals surface area contributed by atoms with Gasteiger partial charge in [-0.25, -0.2) is 4.39 Å². The molecule has 22 heavy (non-hydrogen) atoms. The smallest absolute Gasteiger partial charge is 0.230 e. The fraction of sp³-hybridized carbons (Fsp3) is 0.588. The molecule has 1 atom stereocenters. The fourth-order valence-corrected chi connectivity index (χ4v) is 3.19. The third kappa shape index (κ3) is 3.84. The number of carbonyl (C=O) groups excluding carboxylic acids is 1. The summed E-state index contributed by atoms with van der Waals surface area (Å²) in [6.45, 7) is 0.672. The number of nitrogens with one attached hydrogen (secondary N) is 1. The van der Waals surface area contributed by atoms with E-state index in [1.165, 1.54) is 19.2 Å². The Hall–Kier alpha value is -1.46. The first-order valence-electron chi connectivity index (χ1n) is 7.80. The highest BCUT2D eigenvalue weighted by Gasteiger charge is 2.42. The number of carbonyl (C=O) groups is 1. The first-order valence-corrected chi connectivity index (χ1v) is 7.80. The average Bonchev–Trinajstić information content (AvgIpc) is 2.99. The quantitative estimate of drug-likeness (QED) is 0.811. The largest absolute Gasteiger partial charge is 0.391 e. The summed E-state index contributed by atoms with van der Waals surface area (Å²) in [7, 11) is 1.53. The molecule has 1 unspecified atom stereocenters. The minimum absolute atomic E-state index is 0.0266. The zero-order chi connectivity index (χ0) is 16.0. The molecule has 0 radical (unpaired) electrons. The van der Waals surface area contributed by atoms with Crippen LogP contribution in [0, 0.1) is 5.82 Å². The van der Waals surface area contributed by atoms with Gasteiger partial charge >= 0.3 is 0 Å². The predicted octanol–water partition coefficient (Wildman–Crippen LogP) is 2.15. The number of hydrogen-bond donors (Lipinski definition) is 2. The lowest BCUT2D eigenvalue weighted by atomic mass is 9.78. The Balaban J connectivity index is 2.01. The molecule has 122 valence electrons. The zero-order valence-electron chi connectivity index (χ0n) is 13.0. The third-order valence-corrected chi connectivity index (χ3v) is 4.41. The molecule has 0 aliphatic heterocycles. The summed E-state index contributed by atoms with van der Waals surface area (Å²) in [5.41, 5.74) is 0.321. The SMILES string of the molecule is COCC(O)CCNC(=O)C1(c2ccc(F)cc2)CCCC1. The van der Waals surface area contributed by atoms with E-state index in [-0.39, 0.29) is 18.3 Å². The van der Waals surface area contributed by atoms with Gasteiger partial charge in [0.15, 0.2) is 0 Å². The van der Waals surface area contributed by atoms with E-state index < -0.39 is 11.5 Å². The summed E-state index contributed by atoms with van der Waals surface area (Å²) >= 11 is 0. The molecule has 4 nitrogen and oxygen atoms in total. The van der Waals surface area contributed by atoms with Gasteiger partial charge in [0.2, 0.25) is 5.91 Å². The maximum Gasteiger partial charge on any atom is 0.230 e. The Kier molecular flexibility index (Phi) is 5.91. The standard InChI is InChI=1S/C17H24FNO3/c1-22-12-15(20)8-11-19-16(21)17(9-2-3-10-17)13-4-6-14(18)7-5-13/h4-7,15,20H,2-3,8-12H2,1H3,(H,19,21). The summed E-state index contributed by atoms with van der Waals surface area (Å²) in [6, 6.07) is 6.23. The molecule has 0 heterocycles. The van der Waals surface area contributed by atoms with E-state index in [4.69, 9.17) is 4.74 Å². The van der Waals surface area contributed by atoms with Gasteiger partial charge < -0.3 is 15.2 Å². The average molecular weight is 309 g/mol. The highest BCUT2D eigenvalue weighted by molar-refractivity contribution is 5.88. The number of aliphatic hydroxyl groups excluding tert-OH is 1. The number of aliphatic hydroxyl groups is 1. The number of rotatable bonds is 7. The van der Waals surface area contributed by atoms with E-state index in [1.54, 1.807) is 12.1 Å². The summed E-state index contributed by atoms with van der Waals surface area (Å²) in [4.78, 5) is 12.7. The van der Waals surface area contributed by atoms with Crippen molar-refractivity contribution in [2.45, 2.75) is 43.6 Å². The fourth-order valence-electron chi connectivity index (χ4n) is 3.19. The molecule has 0 spiro atoms. The van der Waals surface area contributed by atoms with E-state index >= 15 is 0 Å². The van der Waals surface area contributed by atoms with E-state index in [2.05, 4.69) is 5.32 Å². The maximum absolute atomic E-state index is 13.1. The van der Waals surface area contributed by atoms with Crippen LogP contribution in [0.15, 0.2) is 24.3 Å². The molecule has 1 saturated carbocycles. The van der Waals surface area contributed by atoms with Gasteiger partial charge in [-0.2, -0.15) is 0 Å². The van der Waals surface area contributed by atoms with Crippen molar-refractivity contribution >= 4 is 5.91 Å². The molecule has 0 saturated heterocycles. The lowest BCUT2D eigenvalue weighted by Crippen LogP contribution is -2.43. The molecule has 1 aliphatic rings. The number of hydrogen-bond acceptors (Lipinski definition) is 3. The van der Waals surface area contributed by atoms with Gasteiger partial charge in [0, 0.05) is 13.7 Å². The number of benzene rings is 1. The Labute approximate surface area is 130 Å². The summed E-state index contributed by atoms with van der Waals surface area (Å²) in [5.74, 6) is -0.318. The molecule has 5 heteroatoms. The molecule has 1 aromatic rings. The number of ether oxygens (including phenoxy) is 1. The van der Waals surface area contributed by atoms with Crippen LogP contribution in [-0.2, 0) is 14.9 Å². The van der Waals surface area contributed by atoms with Crippen LogP contribution in [0.5, 0.6) is 0 Å². The number of amides is 1. The van der Waals surface area contributed by atoms with Crippen molar-refractivity contribution in [1.82, 2.24) is 5.32 Å². The van der Waals surface area contributed by atoms with E-state index in [0.717, 1.165) is 31.2 Å². The van der Waals surface area contributed by atoms with Crippen LogP contribution in [0.4, 0.5) is 4.39 Å². The van der Waals surface area contributed by atoms with Crippen LogP contribution in [0.1, 0.15) is 37.7 Å². The second-order valence-electron chi connectivity index (χ2n) is 5.95. The third-order valence-electron chi connectivity index (χ3n) is 4.41. The molecule has 0 aromatic heterocycles. The van der Waals surface area contributed by atoms with Crippen LogP contribution in [0.25, 0.3) is 0 Å². The van der Waals surface area contributed by atoms with Crippen molar-refractivity contribution in [1.29, 1.82) is 0 Å². The highest BCUT2D eigenvalue weighted by atomic mass is 19.1. The molecule has 1 fully saturated rings. The molecular weight excluding hydrogens is 285 g/mol. The van der Waals surface area contributed by atoms with Crippen LogP contribution in [0.3, 0.4) is 0 Å². The minimum Gasteiger partial charge on any atom is -0.391 e. The van der Waals surface area contributed by atoms with Crippen molar-refractivity contribution in [2.75, 3.05) is 20.3 Å². The first-order chi connectivity index (χ1) is 10.6. The molecule has 1 aliphatic carbocycles. The van der Waals surface area contributed by atoms with Crippen LogP contribution in [0.2, 0.25) is 0 Å². The van der Waals surface area contributed by atoms with Gasteiger partial charge in [0.05, 0.1) is 18.1 Å². The zero-order valence-corrected chi connectivity index (χ0v) is 13.0. The number of halogens is 1. The van der Waals surface area contributed by atoms with Gasteiger partial charge in [-0.3, -0.25) is 4.79 Å². The van der Waals surface area contributed by atoms with E-state index in [0.29, 0.717) is 13.0 Å². The van der Waals surface area contributed by atoms with Crippen LogP contribution >= 0.6 is 0 Å². The molecule has 1 amide bonds. The van der Waals surface area contributed by atoms with Crippen LogP contribution < -0.4 is 5.32 Å². The summed E-state index contributed by atoms with van der Waals surface area (Å²) in [5, 5.41) is 12.5. The first kappa shape index (κ1) is 16.9. The van der Waals surface area contributed by atoms with E-state index in [9.17, 15) is 14.3 Å². The maximum atomic E-state index is 13.1. The van der Waals surface area contributed by atoms with Crippen molar-refractivity contribution in [3.63, 3.8) is 0 Å². The minimum atomic E-state index is -0.573. The highest BCUT2D eigenvalue weighted by Crippen LogP contribution is 2.41. The monoisotopic (exact) mass is 309 g/mol. The van der Waals surface area contributed by atoms with Crippen LogP contribution in [-0.4, -0.2) is 37.4 Å². The predicted molar refractivity (Wildman–Crippen MR) is 82.1 cm³/mol. The van der Waals surface area contributed by atoms with Crippen molar-refractivity contribution in [3.8, 4) is 0 Å². The van der Waals surface area contributed by atoms with Gasteiger partial charge in [-0.05, 0) is 37.0 Å². The lowest BCUT2D eigenvalue weighted by Gasteiger charge is -2.28. The molecule has 1 aromatic carbocycles. The Bertz CT molecular complexity index is 483. The van der Waals surface area contributed by atoms with Gasteiger partial charge in [-0.1, -0.05) is 25.0 Å². The van der Waals surface area contributed by atoms with Crippen molar-refractivity contribution in [2.24, 2.45) is 0 Å². The van der Waals surface area contributed by atoms with E-state index in [1.807, 2.05) is 0 Å². The second kappa shape index (κ2) is 7.70. The van der Waals surface area contributed by atoms with Crippen molar-refractivity contribution < 1.29 is 19.0 Å². The molecular formula is C17H24FNO3. The Morgan fingerprint density at radius 1 is 1.36 bits per heavy atom. The summed E-state index contributed by atoms with van der Waals surface area (Å²) < 4.78 is 18.0. The summed E-state index contributed by atoms with van der Waals surface area (Å²) in [6.07, 6.45) is 3.44. The second-order valence-corrected chi connectivity index (χ2v) is 5.95. The Morgan fingerprint density at radius 3 is 2.59 bits per heavy atom. The Morgan fingerprint density at radius 2 is 2.00 bits per heavy atom. The van der Waals surface area contributed by atoms with Crippen molar-refractivity contribution in [3.05, 3.63) is 35.6 Å². The van der Waals surface area contributed by atoms with Gasteiger partial charge in [0.25, 0.3) is 0 Å².